The zero-order valence-corrected chi connectivity index (χ0v) is 10.6. The molecule has 0 aromatic rings. The van der Waals surface area contributed by atoms with Gasteiger partial charge >= 0.3 is 12.1 Å². The minimum atomic E-state index is -4.15. The number of halogens is 3. The van der Waals surface area contributed by atoms with Crippen molar-refractivity contribution in [2.75, 3.05) is 26.2 Å². The summed E-state index contributed by atoms with van der Waals surface area (Å²) in [6.07, 6.45) is -1.50. The van der Waals surface area contributed by atoms with Crippen molar-refractivity contribution in [3.8, 4) is 0 Å². The standard InChI is InChI=1S/C12H20F3NO2/c1-2-4-11(17)18-8-10-5-3-6-16(7-10)9-12(13,14)15/h10H,2-9H2,1H3/t10-/m1/s1. The van der Waals surface area contributed by atoms with Crippen LogP contribution in [0, 0.1) is 5.92 Å². The molecule has 1 heterocycles. The number of esters is 1. The van der Waals surface area contributed by atoms with Gasteiger partial charge in [-0.25, -0.2) is 0 Å². The molecule has 1 aliphatic heterocycles. The number of hydrogen-bond donors (Lipinski definition) is 0. The van der Waals surface area contributed by atoms with E-state index < -0.39 is 12.7 Å². The van der Waals surface area contributed by atoms with Crippen molar-refractivity contribution >= 4 is 5.97 Å². The maximum absolute atomic E-state index is 12.3. The van der Waals surface area contributed by atoms with Gasteiger partial charge in [0.05, 0.1) is 13.2 Å². The van der Waals surface area contributed by atoms with Gasteiger partial charge in [-0.3, -0.25) is 9.69 Å². The Morgan fingerprint density at radius 1 is 1.44 bits per heavy atom. The molecule has 0 aliphatic carbocycles. The third-order valence-corrected chi connectivity index (χ3v) is 2.94. The van der Waals surface area contributed by atoms with Gasteiger partial charge in [-0.1, -0.05) is 6.92 Å². The van der Waals surface area contributed by atoms with Gasteiger partial charge in [0.2, 0.25) is 0 Å². The molecule has 0 aromatic carbocycles. The maximum atomic E-state index is 12.3. The smallest absolute Gasteiger partial charge is 0.401 e. The Labute approximate surface area is 105 Å². The number of carbonyl (C=O) groups excluding carboxylic acids is 1. The van der Waals surface area contributed by atoms with Crippen LogP contribution in [0.2, 0.25) is 0 Å². The van der Waals surface area contributed by atoms with Crippen LogP contribution in [0.5, 0.6) is 0 Å². The summed E-state index contributed by atoms with van der Waals surface area (Å²) in [5.41, 5.74) is 0. The fourth-order valence-electron chi connectivity index (χ4n) is 2.17. The lowest BCUT2D eigenvalue weighted by molar-refractivity contribution is -0.154. The van der Waals surface area contributed by atoms with Crippen molar-refractivity contribution in [3.63, 3.8) is 0 Å². The average Bonchev–Trinajstić information content (AvgIpc) is 2.25. The summed E-state index contributed by atoms with van der Waals surface area (Å²) in [4.78, 5) is 12.6. The molecule has 0 aromatic heterocycles. The molecule has 18 heavy (non-hydrogen) atoms. The topological polar surface area (TPSA) is 29.5 Å². The van der Waals surface area contributed by atoms with Crippen LogP contribution < -0.4 is 0 Å². The summed E-state index contributed by atoms with van der Waals surface area (Å²) in [7, 11) is 0. The molecule has 0 N–H and O–H groups in total. The highest BCUT2D eigenvalue weighted by molar-refractivity contribution is 5.69. The van der Waals surface area contributed by atoms with Crippen molar-refractivity contribution < 1.29 is 22.7 Å². The van der Waals surface area contributed by atoms with Gasteiger partial charge in [-0.15, -0.1) is 0 Å². The number of piperidine rings is 1. The van der Waals surface area contributed by atoms with E-state index in [2.05, 4.69) is 0 Å². The van der Waals surface area contributed by atoms with Crippen LogP contribution in [0.4, 0.5) is 13.2 Å². The monoisotopic (exact) mass is 267 g/mol. The van der Waals surface area contributed by atoms with E-state index in [0.717, 1.165) is 19.3 Å². The molecule has 1 aliphatic rings. The molecule has 0 spiro atoms. The van der Waals surface area contributed by atoms with Gasteiger partial charge < -0.3 is 4.74 Å². The Hall–Kier alpha value is -0.780. The Morgan fingerprint density at radius 3 is 2.78 bits per heavy atom. The molecule has 1 atom stereocenters. The van der Waals surface area contributed by atoms with E-state index in [-0.39, 0.29) is 18.5 Å². The highest BCUT2D eigenvalue weighted by Crippen LogP contribution is 2.22. The summed E-state index contributed by atoms with van der Waals surface area (Å²) in [6, 6.07) is 0. The van der Waals surface area contributed by atoms with Crippen LogP contribution in [0.3, 0.4) is 0 Å². The molecule has 3 nitrogen and oxygen atoms in total. The van der Waals surface area contributed by atoms with Crippen molar-refractivity contribution in [1.82, 2.24) is 4.90 Å². The normalized spacial score (nSPS) is 21.9. The Bertz CT molecular complexity index is 269. The first-order valence-corrected chi connectivity index (χ1v) is 6.35. The van der Waals surface area contributed by atoms with Crippen LogP contribution in [0.1, 0.15) is 32.6 Å². The zero-order valence-electron chi connectivity index (χ0n) is 10.6. The second kappa shape index (κ2) is 6.97. The number of alkyl halides is 3. The van der Waals surface area contributed by atoms with E-state index >= 15 is 0 Å². The highest BCUT2D eigenvalue weighted by atomic mass is 19.4. The van der Waals surface area contributed by atoms with Crippen molar-refractivity contribution in [3.05, 3.63) is 0 Å². The fourth-order valence-corrected chi connectivity index (χ4v) is 2.17. The van der Waals surface area contributed by atoms with E-state index in [9.17, 15) is 18.0 Å². The van der Waals surface area contributed by atoms with Gasteiger partial charge in [0.1, 0.15) is 0 Å². The van der Waals surface area contributed by atoms with Crippen LogP contribution in [-0.4, -0.2) is 43.3 Å². The second-order valence-corrected chi connectivity index (χ2v) is 4.79. The Morgan fingerprint density at radius 2 is 2.17 bits per heavy atom. The first-order valence-electron chi connectivity index (χ1n) is 6.35. The lowest BCUT2D eigenvalue weighted by atomic mass is 9.99. The van der Waals surface area contributed by atoms with Crippen molar-refractivity contribution in [1.29, 1.82) is 0 Å². The molecule has 0 bridgehead atoms. The predicted molar refractivity (Wildman–Crippen MR) is 61.1 cm³/mol. The van der Waals surface area contributed by atoms with Crippen molar-refractivity contribution in [2.24, 2.45) is 5.92 Å². The number of carbonyl (C=O) groups is 1. The Balaban J connectivity index is 2.28. The molecular weight excluding hydrogens is 247 g/mol. The SMILES string of the molecule is CCCC(=O)OC[C@@H]1CCCN(CC(F)(F)F)C1. The lowest BCUT2D eigenvalue weighted by Gasteiger charge is -2.32. The Kier molecular flexibility index (Phi) is 5.91. The third-order valence-electron chi connectivity index (χ3n) is 2.94. The molecule has 0 unspecified atom stereocenters. The molecule has 0 saturated carbocycles. The lowest BCUT2D eigenvalue weighted by Crippen LogP contribution is -2.42. The fraction of sp³-hybridized carbons (Fsp3) is 0.917. The molecule has 6 heteroatoms. The molecule has 1 rings (SSSR count). The summed E-state index contributed by atoms with van der Waals surface area (Å²) in [6.45, 7) is 2.09. The number of nitrogens with zero attached hydrogens (tertiary/aromatic N) is 1. The van der Waals surface area contributed by atoms with Gasteiger partial charge in [0, 0.05) is 18.9 Å². The van der Waals surface area contributed by atoms with E-state index in [1.807, 2.05) is 6.92 Å². The molecule has 1 saturated heterocycles. The molecular formula is C12H20F3NO2. The van der Waals surface area contributed by atoms with Gasteiger partial charge in [-0.05, 0) is 25.8 Å². The molecule has 0 radical (unpaired) electrons. The zero-order chi connectivity index (χ0) is 13.6. The highest BCUT2D eigenvalue weighted by Gasteiger charge is 2.33. The largest absolute Gasteiger partial charge is 0.465 e. The summed E-state index contributed by atoms with van der Waals surface area (Å²) in [5, 5.41) is 0. The third kappa shape index (κ3) is 6.23. The van der Waals surface area contributed by atoms with E-state index in [0.29, 0.717) is 19.5 Å². The van der Waals surface area contributed by atoms with E-state index in [4.69, 9.17) is 4.74 Å². The van der Waals surface area contributed by atoms with Crippen LogP contribution >= 0.6 is 0 Å². The van der Waals surface area contributed by atoms with Gasteiger partial charge in [-0.2, -0.15) is 13.2 Å². The van der Waals surface area contributed by atoms with Crippen LogP contribution in [0.15, 0.2) is 0 Å². The summed E-state index contributed by atoms with van der Waals surface area (Å²) < 4.78 is 41.8. The summed E-state index contributed by atoms with van der Waals surface area (Å²) >= 11 is 0. The average molecular weight is 267 g/mol. The van der Waals surface area contributed by atoms with Crippen LogP contribution in [-0.2, 0) is 9.53 Å². The second-order valence-electron chi connectivity index (χ2n) is 4.79. The predicted octanol–water partition coefficient (Wildman–Crippen LogP) is 2.60. The minimum absolute atomic E-state index is 0.0295. The number of likely N-dealkylation sites (tertiary alicyclic amines) is 1. The van der Waals surface area contributed by atoms with E-state index in [1.165, 1.54) is 4.90 Å². The molecule has 1 fully saturated rings. The van der Waals surface area contributed by atoms with Crippen LogP contribution in [0.25, 0.3) is 0 Å². The number of hydrogen-bond acceptors (Lipinski definition) is 3. The number of rotatable bonds is 5. The van der Waals surface area contributed by atoms with Gasteiger partial charge in [0.25, 0.3) is 0 Å². The van der Waals surface area contributed by atoms with Crippen molar-refractivity contribution in [2.45, 2.75) is 38.8 Å². The summed E-state index contributed by atoms with van der Waals surface area (Å²) in [5.74, 6) is -0.229. The van der Waals surface area contributed by atoms with E-state index in [1.54, 1.807) is 0 Å². The minimum Gasteiger partial charge on any atom is -0.465 e. The number of ether oxygens (including phenoxy) is 1. The molecule has 106 valence electrons. The molecule has 0 amide bonds. The first kappa shape index (κ1) is 15.3. The first-order chi connectivity index (χ1) is 8.40. The van der Waals surface area contributed by atoms with Gasteiger partial charge in [0.15, 0.2) is 0 Å². The maximum Gasteiger partial charge on any atom is 0.401 e. The quantitative estimate of drug-likeness (QED) is 0.717.